The summed E-state index contributed by atoms with van der Waals surface area (Å²) in [5.41, 5.74) is 4.23. The molecule has 0 atom stereocenters. The molecule has 0 aliphatic carbocycles. The lowest BCUT2D eigenvalue weighted by Crippen LogP contribution is -2.18. The third-order valence-corrected chi connectivity index (χ3v) is 4.80. The van der Waals surface area contributed by atoms with Gasteiger partial charge in [0.2, 0.25) is 0 Å². The van der Waals surface area contributed by atoms with Gasteiger partial charge in [0.1, 0.15) is 0 Å². The highest BCUT2D eigenvalue weighted by atomic mass is 35.5. The van der Waals surface area contributed by atoms with E-state index in [1.807, 2.05) is 36.4 Å². The molecule has 0 radical (unpaired) electrons. The Balaban J connectivity index is 1.50. The molecular formula is C23H17ClN2S. The molecule has 132 valence electrons. The molecule has 27 heavy (non-hydrogen) atoms. The largest absolute Gasteiger partial charge is 0.332 e. The summed E-state index contributed by atoms with van der Waals surface area (Å²) in [5.74, 6) is 0. The number of nitrogens with one attached hydrogen (secondary N) is 2. The van der Waals surface area contributed by atoms with E-state index in [1.54, 1.807) is 0 Å². The second-order valence-electron chi connectivity index (χ2n) is 6.19. The zero-order valence-corrected chi connectivity index (χ0v) is 16.0. The predicted molar refractivity (Wildman–Crippen MR) is 121 cm³/mol. The van der Waals surface area contributed by atoms with Gasteiger partial charge in [-0.1, -0.05) is 66.2 Å². The third-order valence-electron chi connectivity index (χ3n) is 4.35. The Hall–Kier alpha value is -2.88. The Morgan fingerprint density at radius 2 is 1.26 bits per heavy atom. The Morgan fingerprint density at radius 1 is 0.667 bits per heavy atom. The van der Waals surface area contributed by atoms with E-state index in [9.17, 15) is 0 Å². The Kier molecular flexibility index (Phi) is 5.05. The molecule has 0 aliphatic heterocycles. The van der Waals surface area contributed by atoms with Crippen LogP contribution in [0, 0.1) is 0 Å². The van der Waals surface area contributed by atoms with Crippen molar-refractivity contribution in [2.24, 2.45) is 0 Å². The van der Waals surface area contributed by atoms with Crippen molar-refractivity contribution in [1.82, 2.24) is 0 Å². The van der Waals surface area contributed by atoms with Crippen LogP contribution in [0.2, 0.25) is 5.02 Å². The maximum atomic E-state index is 5.90. The lowest BCUT2D eigenvalue weighted by molar-refractivity contribution is 1.59. The van der Waals surface area contributed by atoms with Gasteiger partial charge in [0.05, 0.1) is 0 Å². The van der Waals surface area contributed by atoms with E-state index in [4.69, 9.17) is 23.8 Å². The summed E-state index contributed by atoms with van der Waals surface area (Å²) in [5, 5.41) is 10.1. The topological polar surface area (TPSA) is 24.1 Å². The molecule has 0 saturated heterocycles. The first-order valence-electron chi connectivity index (χ1n) is 8.61. The molecule has 0 amide bonds. The SMILES string of the molecule is S=C(Nc1ccc(Cl)cc1)Nc1ccc(-c2cccc3ccccc23)cc1. The van der Waals surface area contributed by atoms with E-state index >= 15 is 0 Å². The fraction of sp³-hybridized carbons (Fsp3) is 0. The van der Waals surface area contributed by atoms with Gasteiger partial charge in [-0.05, 0) is 70.5 Å². The summed E-state index contributed by atoms with van der Waals surface area (Å²) >= 11 is 11.3. The summed E-state index contributed by atoms with van der Waals surface area (Å²) in [4.78, 5) is 0. The van der Waals surface area contributed by atoms with Crippen molar-refractivity contribution >= 4 is 51.1 Å². The van der Waals surface area contributed by atoms with Crippen LogP contribution in [0.15, 0.2) is 91.0 Å². The molecule has 0 fully saturated rings. The number of halogens is 1. The zero-order chi connectivity index (χ0) is 18.6. The van der Waals surface area contributed by atoms with Crippen molar-refractivity contribution in [3.8, 4) is 11.1 Å². The second-order valence-corrected chi connectivity index (χ2v) is 7.03. The summed E-state index contributed by atoms with van der Waals surface area (Å²) in [6, 6.07) is 30.5. The van der Waals surface area contributed by atoms with Gasteiger partial charge in [0.15, 0.2) is 5.11 Å². The molecule has 0 spiro atoms. The fourth-order valence-corrected chi connectivity index (χ4v) is 3.40. The van der Waals surface area contributed by atoms with Crippen LogP contribution in [0.5, 0.6) is 0 Å². The highest BCUT2D eigenvalue weighted by molar-refractivity contribution is 7.80. The molecule has 0 heterocycles. The minimum Gasteiger partial charge on any atom is -0.332 e. The molecule has 4 heteroatoms. The molecule has 0 saturated carbocycles. The molecule has 4 aromatic rings. The summed E-state index contributed by atoms with van der Waals surface area (Å²) in [6.45, 7) is 0. The van der Waals surface area contributed by atoms with Gasteiger partial charge in [-0.25, -0.2) is 0 Å². The lowest BCUT2D eigenvalue weighted by Gasteiger charge is -2.12. The van der Waals surface area contributed by atoms with Gasteiger partial charge < -0.3 is 10.6 Å². The molecule has 2 nitrogen and oxygen atoms in total. The van der Waals surface area contributed by atoms with Gasteiger partial charge in [0, 0.05) is 16.4 Å². The number of benzene rings is 4. The highest BCUT2D eigenvalue weighted by Crippen LogP contribution is 2.29. The first-order valence-corrected chi connectivity index (χ1v) is 9.39. The number of fused-ring (bicyclic) bond motifs is 1. The number of hydrogen-bond donors (Lipinski definition) is 2. The first kappa shape index (κ1) is 17.5. The van der Waals surface area contributed by atoms with Crippen molar-refractivity contribution in [3.63, 3.8) is 0 Å². The second kappa shape index (κ2) is 7.78. The van der Waals surface area contributed by atoms with Crippen molar-refractivity contribution in [2.75, 3.05) is 10.6 Å². The van der Waals surface area contributed by atoms with E-state index in [1.165, 1.54) is 21.9 Å². The molecule has 4 rings (SSSR count). The smallest absolute Gasteiger partial charge is 0.175 e. The van der Waals surface area contributed by atoms with Crippen LogP contribution in [0.3, 0.4) is 0 Å². The molecule has 2 N–H and O–H groups in total. The number of anilines is 2. The molecule has 0 aliphatic rings. The standard InChI is InChI=1S/C23H17ClN2S/c24-18-10-14-20(15-11-18)26-23(27)25-19-12-8-17(9-13-19)22-7-3-5-16-4-1-2-6-21(16)22/h1-15H,(H2,25,26,27). The van der Waals surface area contributed by atoms with E-state index in [-0.39, 0.29) is 0 Å². The Morgan fingerprint density at radius 3 is 1.96 bits per heavy atom. The third kappa shape index (κ3) is 4.11. The van der Waals surface area contributed by atoms with Gasteiger partial charge in [-0.3, -0.25) is 0 Å². The maximum absolute atomic E-state index is 5.90. The van der Waals surface area contributed by atoms with E-state index in [2.05, 4.69) is 65.2 Å². The average Bonchev–Trinajstić information content (AvgIpc) is 2.70. The lowest BCUT2D eigenvalue weighted by atomic mass is 9.98. The van der Waals surface area contributed by atoms with Crippen molar-refractivity contribution in [3.05, 3.63) is 96.0 Å². The van der Waals surface area contributed by atoms with Gasteiger partial charge in [-0.15, -0.1) is 0 Å². The Labute approximate surface area is 168 Å². The minimum atomic E-state index is 0.537. The number of hydrogen-bond acceptors (Lipinski definition) is 1. The summed E-state index contributed by atoms with van der Waals surface area (Å²) in [6.07, 6.45) is 0. The molecule has 4 aromatic carbocycles. The van der Waals surface area contributed by atoms with Crippen LogP contribution in [0.25, 0.3) is 21.9 Å². The van der Waals surface area contributed by atoms with E-state index < -0.39 is 0 Å². The normalized spacial score (nSPS) is 10.6. The molecular weight excluding hydrogens is 372 g/mol. The summed E-state index contributed by atoms with van der Waals surface area (Å²) in [7, 11) is 0. The van der Waals surface area contributed by atoms with Crippen LogP contribution in [-0.2, 0) is 0 Å². The quantitative estimate of drug-likeness (QED) is 0.370. The number of rotatable bonds is 3. The van der Waals surface area contributed by atoms with Crippen LogP contribution in [0.1, 0.15) is 0 Å². The average molecular weight is 389 g/mol. The zero-order valence-electron chi connectivity index (χ0n) is 14.4. The van der Waals surface area contributed by atoms with Crippen LogP contribution >= 0.6 is 23.8 Å². The van der Waals surface area contributed by atoms with E-state index in [0.717, 1.165) is 11.4 Å². The fourth-order valence-electron chi connectivity index (χ4n) is 3.04. The van der Waals surface area contributed by atoms with Gasteiger partial charge >= 0.3 is 0 Å². The molecule has 0 aromatic heterocycles. The predicted octanol–water partition coefficient (Wildman–Crippen LogP) is 6.97. The van der Waals surface area contributed by atoms with Gasteiger partial charge in [-0.2, -0.15) is 0 Å². The van der Waals surface area contributed by atoms with Crippen LogP contribution in [0.4, 0.5) is 11.4 Å². The number of thiocarbonyl (C=S) groups is 1. The van der Waals surface area contributed by atoms with Crippen molar-refractivity contribution < 1.29 is 0 Å². The first-order chi connectivity index (χ1) is 13.2. The Bertz CT molecular complexity index is 1080. The van der Waals surface area contributed by atoms with E-state index in [0.29, 0.717) is 10.1 Å². The molecule has 0 unspecified atom stereocenters. The van der Waals surface area contributed by atoms with Gasteiger partial charge in [0.25, 0.3) is 0 Å². The van der Waals surface area contributed by atoms with Crippen molar-refractivity contribution in [2.45, 2.75) is 0 Å². The van der Waals surface area contributed by atoms with Crippen molar-refractivity contribution in [1.29, 1.82) is 0 Å². The highest BCUT2D eigenvalue weighted by Gasteiger charge is 2.04. The maximum Gasteiger partial charge on any atom is 0.175 e. The molecule has 0 bridgehead atoms. The van der Waals surface area contributed by atoms with Crippen LogP contribution < -0.4 is 10.6 Å². The monoisotopic (exact) mass is 388 g/mol. The minimum absolute atomic E-state index is 0.537. The summed E-state index contributed by atoms with van der Waals surface area (Å²) < 4.78 is 0. The van der Waals surface area contributed by atoms with Crippen LogP contribution in [-0.4, -0.2) is 5.11 Å².